The van der Waals surface area contributed by atoms with Crippen molar-refractivity contribution < 1.29 is 4.79 Å². The van der Waals surface area contributed by atoms with Gasteiger partial charge in [-0.05, 0) is 48.8 Å². The minimum atomic E-state index is 0.166. The van der Waals surface area contributed by atoms with Crippen LogP contribution >= 0.6 is 0 Å². The number of hydrogen-bond donors (Lipinski definition) is 1. The Labute approximate surface area is 108 Å². The summed E-state index contributed by atoms with van der Waals surface area (Å²) in [6.07, 6.45) is 10.5. The average molecular weight is 244 g/mol. The van der Waals surface area contributed by atoms with Gasteiger partial charge in [0.25, 0.3) is 0 Å². The Hall–Kier alpha value is -1.38. The number of fused-ring (bicyclic) bond motifs is 1. The van der Waals surface area contributed by atoms with Gasteiger partial charge < -0.3 is 5.32 Å². The third kappa shape index (κ3) is 2.40. The van der Waals surface area contributed by atoms with Crippen molar-refractivity contribution in [2.24, 2.45) is 11.8 Å². The van der Waals surface area contributed by atoms with Gasteiger partial charge in [-0.2, -0.15) is 0 Å². The fraction of sp³-hybridized carbons (Fsp3) is 0.600. The number of nitrogens with zero attached hydrogens (tertiary/aromatic N) is 1. The van der Waals surface area contributed by atoms with E-state index >= 15 is 0 Å². The molecule has 1 heterocycles. The van der Waals surface area contributed by atoms with Crippen LogP contribution in [0.4, 0.5) is 0 Å². The van der Waals surface area contributed by atoms with Crippen LogP contribution in [0.25, 0.3) is 0 Å². The first kappa shape index (κ1) is 11.7. The van der Waals surface area contributed by atoms with Gasteiger partial charge in [0.15, 0.2) is 0 Å². The van der Waals surface area contributed by atoms with E-state index in [0.29, 0.717) is 12.5 Å². The molecule has 2 saturated carbocycles. The van der Waals surface area contributed by atoms with Crippen molar-refractivity contribution in [2.45, 2.75) is 44.6 Å². The Morgan fingerprint density at radius 1 is 1.22 bits per heavy atom. The number of carbonyl (C=O) groups is 1. The predicted octanol–water partition coefficient (Wildman–Crippen LogP) is 2.32. The summed E-state index contributed by atoms with van der Waals surface area (Å²) >= 11 is 0. The molecule has 3 rings (SSSR count). The van der Waals surface area contributed by atoms with E-state index in [0.717, 1.165) is 17.4 Å². The zero-order valence-corrected chi connectivity index (χ0v) is 10.6. The molecule has 18 heavy (non-hydrogen) atoms. The van der Waals surface area contributed by atoms with Crippen LogP contribution in [0.1, 0.15) is 37.7 Å². The smallest absolute Gasteiger partial charge is 0.224 e. The van der Waals surface area contributed by atoms with Crippen LogP contribution in [0.3, 0.4) is 0 Å². The zero-order chi connectivity index (χ0) is 12.4. The Morgan fingerprint density at radius 3 is 2.89 bits per heavy atom. The van der Waals surface area contributed by atoms with E-state index in [1.807, 2.05) is 12.1 Å². The molecule has 0 radical (unpaired) electrons. The third-order valence-corrected chi connectivity index (χ3v) is 4.54. The first-order chi connectivity index (χ1) is 8.83. The van der Waals surface area contributed by atoms with Crippen LogP contribution in [0.5, 0.6) is 0 Å². The molecule has 1 aromatic heterocycles. The zero-order valence-electron chi connectivity index (χ0n) is 10.6. The Morgan fingerprint density at radius 2 is 2.06 bits per heavy atom. The van der Waals surface area contributed by atoms with Gasteiger partial charge in [-0.25, -0.2) is 0 Å². The minimum absolute atomic E-state index is 0.166. The van der Waals surface area contributed by atoms with E-state index < -0.39 is 0 Å². The van der Waals surface area contributed by atoms with Gasteiger partial charge >= 0.3 is 0 Å². The number of aromatic nitrogens is 1. The molecule has 3 heteroatoms. The maximum absolute atomic E-state index is 12.0. The van der Waals surface area contributed by atoms with Crippen LogP contribution in [-0.4, -0.2) is 16.9 Å². The fourth-order valence-electron chi connectivity index (χ4n) is 3.68. The molecule has 0 bridgehead atoms. The van der Waals surface area contributed by atoms with Crippen LogP contribution in [0.15, 0.2) is 24.5 Å². The summed E-state index contributed by atoms with van der Waals surface area (Å²) in [5, 5.41) is 3.24. The van der Waals surface area contributed by atoms with Crippen molar-refractivity contribution >= 4 is 5.91 Å². The maximum Gasteiger partial charge on any atom is 0.224 e. The minimum Gasteiger partial charge on any atom is -0.353 e. The standard InChI is InChI=1S/C15H20N2O/c18-15(10-11-6-8-16-9-7-11)17-14-5-4-12-2-1-3-13(12)14/h6-9,12-14H,1-5,10H2,(H,17,18)/t12-,13-,14-/m0/s1. The van der Waals surface area contributed by atoms with Crippen molar-refractivity contribution in [3.05, 3.63) is 30.1 Å². The molecular weight excluding hydrogens is 224 g/mol. The van der Waals surface area contributed by atoms with E-state index in [1.165, 1.54) is 32.1 Å². The van der Waals surface area contributed by atoms with Gasteiger partial charge in [-0.1, -0.05) is 12.8 Å². The second kappa shape index (κ2) is 5.09. The Balaban J connectivity index is 1.55. The summed E-state index contributed by atoms with van der Waals surface area (Å²) in [6, 6.07) is 4.26. The molecule has 1 aromatic rings. The Kier molecular flexibility index (Phi) is 3.31. The highest BCUT2D eigenvalue weighted by atomic mass is 16.1. The second-order valence-corrected chi connectivity index (χ2v) is 5.64. The molecule has 0 aromatic carbocycles. The van der Waals surface area contributed by atoms with Crippen molar-refractivity contribution in [1.82, 2.24) is 10.3 Å². The van der Waals surface area contributed by atoms with Gasteiger partial charge in [0.1, 0.15) is 0 Å². The van der Waals surface area contributed by atoms with E-state index in [9.17, 15) is 4.79 Å². The van der Waals surface area contributed by atoms with Gasteiger partial charge in [-0.3, -0.25) is 9.78 Å². The summed E-state index contributed by atoms with van der Waals surface area (Å²) in [5.74, 6) is 1.81. The lowest BCUT2D eigenvalue weighted by molar-refractivity contribution is -0.121. The topological polar surface area (TPSA) is 42.0 Å². The molecule has 3 atom stereocenters. The van der Waals surface area contributed by atoms with E-state index in [-0.39, 0.29) is 5.91 Å². The molecule has 2 fully saturated rings. The van der Waals surface area contributed by atoms with Crippen LogP contribution in [0.2, 0.25) is 0 Å². The Bertz CT molecular complexity index is 418. The highest BCUT2D eigenvalue weighted by Gasteiger charge is 2.39. The molecule has 0 aliphatic heterocycles. The molecule has 1 amide bonds. The average Bonchev–Trinajstić information content (AvgIpc) is 2.95. The van der Waals surface area contributed by atoms with Crippen LogP contribution in [-0.2, 0) is 11.2 Å². The fourth-order valence-corrected chi connectivity index (χ4v) is 3.68. The van der Waals surface area contributed by atoms with Gasteiger partial charge in [0.05, 0.1) is 6.42 Å². The molecule has 2 aliphatic carbocycles. The monoisotopic (exact) mass is 244 g/mol. The summed E-state index contributed by atoms with van der Waals surface area (Å²) < 4.78 is 0. The number of carbonyl (C=O) groups excluding carboxylic acids is 1. The number of hydrogen-bond acceptors (Lipinski definition) is 2. The van der Waals surface area contributed by atoms with Crippen molar-refractivity contribution in [2.75, 3.05) is 0 Å². The van der Waals surface area contributed by atoms with Crippen molar-refractivity contribution in [3.8, 4) is 0 Å². The highest BCUT2D eigenvalue weighted by Crippen LogP contribution is 2.43. The highest BCUT2D eigenvalue weighted by molar-refractivity contribution is 5.78. The molecule has 1 N–H and O–H groups in total. The van der Waals surface area contributed by atoms with Crippen molar-refractivity contribution in [1.29, 1.82) is 0 Å². The SMILES string of the molecule is O=C(Cc1ccncc1)N[C@H]1CC[C@@H]2CCC[C@@H]21. The summed E-state index contributed by atoms with van der Waals surface area (Å²) in [4.78, 5) is 16.0. The number of rotatable bonds is 3. The third-order valence-electron chi connectivity index (χ3n) is 4.54. The summed E-state index contributed by atoms with van der Waals surface area (Å²) in [7, 11) is 0. The first-order valence-corrected chi connectivity index (χ1v) is 7.01. The largest absolute Gasteiger partial charge is 0.353 e. The lowest BCUT2D eigenvalue weighted by Crippen LogP contribution is -2.38. The normalized spacial score (nSPS) is 30.1. The lowest BCUT2D eigenvalue weighted by atomic mass is 9.97. The molecule has 2 aliphatic rings. The second-order valence-electron chi connectivity index (χ2n) is 5.64. The lowest BCUT2D eigenvalue weighted by Gasteiger charge is -2.20. The molecule has 0 spiro atoms. The molecule has 0 unspecified atom stereocenters. The van der Waals surface area contributed by atoms with Gasteiger partial charge in [0, 0.05) is 18.4 Å². The van der Waals surface area contributed by atoms with E-state index in [1.54, 1.807) is 12.4 Å². The van der Waals surface area contributed by atoms with Crippen LogP contribution < -0.4 is 5.32 Å². The maximum atomic E-state index is 12.0. The molecular formula is C15H20N2O. The van der Waals surface area contributed by atoms with Crippen LogP contribution in [0, 0.1) is 11.8 Å². The van der Waals surface area contributed by atoms with Crippen molar-refractivity contribution in [3.63, 3.8) is 0 Å². The predicted molar refractivity (Wildman–Crippen MR) is 69.9 cm³/mol. The summed E-state index contributed by atoms with van der Waals surface area (Å²) in [5.41, 5.74) is 1.04. The molecule has 96 valence electrons. The summed E-state index contributed by atoms with van der Waals surface area (Å²) in [6.45, 7) is 0. The number of nitrogens with one attached hydrogen (secondary N) is 1. The first-order valence-electron chi connectivity index (χ1n) is 7.01. The van der Waals surface area contributed by atoms with E-state index in [2.05, 4.69) is 10.3 Å². The number of pyridine rings is 1. The van der Waals surface area contributed by atoms with Gasteiger partial charge in [0.2, 0.25) is 5.91 Å². The van der Waals surface area contributed by atoms with E-state index in [4.69, 9.17) is 0 Å². The molecule has 0 saturated heterocycles. The molecule has 3 nitrogen and oxygen atoms in total. The number of amides is 1. The quantitative estimate of drug-likeness (QED) is 0.886. The van der Waals surface area contributed by atoms with Gasteiger partial charge in [-0.15, -0.1) is 0 Å².